The van der Waals surface area contributed by atoms with E-state index >= 15 is 0 Å². The predicted octanol–water partition coefficient (Wildman–Crippen LogP) is 4.49. The molecule has 0 saturated carbocycles. The van der Waals surface area contributed by atoms with Gasteiger partial charge in [-0.2, -0.15) is 0 Å². The zero-order valence-corrected chi connectivity index (χ0v) is 11.4. The van der Waals surface area contributed by atoms with Crippen LogP contribution >= 0.6 is 11.6 Å². The van der Waals surface area contributed by atoms with E-state index in [1.165, 1.54) is 18.9 Å². The van der Waals surface area contributed by atoms with Gasteiger partial charge in [-0.15, -0.1) is 0 Å². The van der Waals surface area contributed by atoms with Crippen LogP contribution in [0.4, 0.5) is 4.39 Å². The molecule has 0 saturated heterocycles. The van der Waals surface area contributed by atoms with Gasteiger partial charge in [-0.25, -0.2) is 4.39 Å². The van der Waals surface area contributed by atoms with Gasteiger partial charge < -0.3 is 5.32 Å². The monoisotopic (exact) mass is 267 g/mol. The van der Waals surface area contributed by atoms with Crippen LogP contribution in [0, 0.1) is 11.7 Å². The smallest absolute Gasteiger partial charge is 0.142 e. The third-order valence-electron chi connectivity index (χ3n) is 3.53. The summed E-state index contributed by atoms with van der Waals surface area (Å²) in [6, 6.07) is 5.17. The molecule has 98 valence electrons. The second-order valence-corrected chi connectivity index (χ2v) is 5.36. The van der Waals surface area contributed by atoms with E-state index in [0.29, 0.717) is 5.92 Å². The van der Waals surface area contributed by atoms with Gasteiger partial charge >= 0.3 is 0 Å². The van der Waals surface area contributed by atoms with Crippen LogP contribution in [0.2, 0.25) is 5.02 Å². The molecule has 2 unspecified atom stereocenters. The van der Waals surface area contributed by atoms with E-state index in [1.807, 2.05) is 6.07 Å². The minimum absolute atomic E-state index is 0.155. The Bertz CT molecular complexity index is 431. The fraction of sp³-hybridized carbons (Fsp3) is 0.467. The van der Waals surface area contributed by atoms with Crippen molar-refractivity contribution in [3.63, 3.8) is 0 Å². The van der Waals surface area contributed by atoms with Crippen molar-refractivity contribution in [1.82, 2.24) is 5.32 Å². The predicted molar refractivity (Wildman–Crippen MR) is 74.3 cm³/mol. The van der Waals surface area contributed by atoms with E-state index in [0.717, 1.165) is 18.5 Å². The molecule has 0 amide bonds. The van der Waals surface area contributed by atoms with Crippen molar-refractivity contribution >= 4 is 11.6 Å². The molecular formula is C15H19ClFN. The molecule has 18 heavy (non-hydrogen) atoms. The Balaban J connectivity index is 1.88. The van der Waals surface area contributed by atoms with Crippen LogP contribution in [0.5, 0.6) is 0 Å². The van der Waals surface area contributed by atoms with Crippen LogP contribution < -0.4 is 5.32 Å². The molecule has 1 aromatic rings. The highest BCUT2D eigenvalue weighted by Crippen LogP contribution is 2.22. The molecule has 0 spiro atoms. The first-order valence-corrected chi connectivity index (χ1v) is 6.88. The standard InChI is InChI=1S/C15H19ClFN/c1-11(13-7-8-14(16)15(17)9-13)18-10-12-5-3-2-4-6-12/h2-3,7-9,11-12,18H,4-6,10H2,1H3. The molecule has 0 aromatic heterocycles. The van der Waals surface area contributed by atoms with E-state index in [4.69, 9.17) is 11.6 Å². The first-order valence-electron chi connectivity index (χ1n) is 6.50. The lowest BCUT2D eigenvalue weighted by Gasteiger charge is -2.21. The topological polar surface area (TPSA) is 12.0 Å². The number of nitrogens with one attached hydrogen (secondary N) is 1. The Morgan fingerprint density at radius 1 is 1.44 bits per heavy atom. The van der Waals surface area contributed by atoms with Crippen molar-refractivity contribution in [2.75, 3.05) is 6.54 Å². The molecule has 0 radical (unpaired) electrons. The molecule has 0 bridgehead atoms. The lowest BCUT2D eigenvalue weighted by Crippen LogP contribution is -2.26. The third-order valence-corrected chi connectivity index (χ3v) is 3.84. The lowest BCUT2D eigenvalue weighted by atomic mass is 9.94. The maximum absolute atomic E-state index is 13.4. The van der Waals surface area contributed by atoms with E-state index in [-0.39, 0.29) is 16.9 Å². The fourth-order valence-corrected chi connectivity index (χ4v) is 2.40. The van der Waals surface area contributed by atoms with Crippen molar-refractivity contribution in [1.29, 1.82) is 0 Å². The quantitative estimate of drug-likeness (QED) is 0.793. The molecular weight excluding hydrogens is 249 g/mol. The number of benzene rings is 1. The Hall–Kier alpha value is -0.860. The summed E-state index contributed by atoms with van der Waals surface area (Å²) < 4.78 is 13.4. The minimum Gasteiger partial charge on any atom is -0.310 e. The molecule has 0 aliphatic heterocycles. The summed E-state index contributed by atoms with van der Waals surface area (Å²) in [5.74, 6) is 0.359. The van der Waals surface area contributed by atoms with E-state index < -0.39 is 0 Å². The Kier molecular flexibility index (Phi) is 4.79. The maximum atomic E-state index is 13.4. The van der Waals surface area contributed by atoms with Crippen molar-refractivity contribution in [3.8, 4) is 0 Å². The second kappa shape index (κ2) is 6.35. The average molecular weight is 268 g/mol. The first-order chi connectivity index (χ1) is 8.66. The van der Waals surface area contributed by atoms with Gasteiger partial charge in [0, 0.05) is 6.04 Å². The molecule has 1 aromatic carbocycles. The lowest BCUT2D eigenvalue weighted by molar-refractivity contribution is 0.415. The number of halogens is 2. The minimum atomic E-state index is -0.344. The second-order valence-electron chi connectivity index (χ2n) is 4.95. The number of rotatable bonds is 4. The highest BCUT2D eigenvalue weighted by molar-refractivity contribution is 6.30. The average Bonchev–Trinajstić information content (AvgIpc) is 2.40. The Morgan fingerprint density at radius 2 is 2.28 bits per heavy atom. The summed E-state index contributed by atoms with van der Waals surface area (Å²) >= 11 is 5.68. The van der Waals surface area contributed by atoms with Crippen LogP contribution in [0.15, 0.2) is 30.4 Å². The van der Waals surface area contributed by atoms with Gasteiger partial charge in [0.15, 0.2) is 0 Å². The summed E-state index contributed by atoms with van der Waals surface area (Å²) in [6.45, 7) is 3.04. The molecule has 0 fully saturated rings. The first kappa shape index (κ1) is 13.6. The normalized spacial score (nSPS) is 20.9. The van der Waals surface area contributed by atoms with Gasteiger partial charge in [0.25, 0.3) is 0 Å². The summed E-state index contributed by atoms with van der Waals surface area (Å²) in [6.07, 6.45) is 8.06. The number of hydrogen-bond donors (Lipinski definition) is 1. The summed E-state index contributed by atoms with van der Waals surface area (Å²) in [5.41, 5.74) is 0.947. The molecule has 2 rings (SSSR count). The van der Waals surface area contributed by atoms with Gasteiger partial charge in [0.1, 0.15) is 5.82 Å². The van der Waals surface area contributed by atoms with Gasteiger partial charge in [-0.1, -0.05) is 29.8 Å². The molecule has 3 heteroatoms. The number of hydrogen-bond acceptors (Lipinski definition) is 1. The highest BCUT2D eigenvalue weighted by Gasteiger charge is 2.13. The summed E-state index contributed by atoms with van der Waals surface area (Å²) in [5, 5.41) is 3.66. The van der Waals surface area contributed by atoms with E-state index in [2.05, 4.69) is 24.4 Å². The van der Waals surface area contributed by atoms with Crippen molar-refractivity contribution in [3.05, 3.63) is 46.8 Å². The zero-order chi connectivity index (χ0) is 13.0. The van der Waals surface area contributed by atoms with Crippen molar-refractivity contribution < 1.29 is 4.39 Å². The van der Waals surface area contributed by atoms with Crippen LogP contribution in [0.3, 0.4) is 0 Å². The molecule has 0 heterocycles. The molecule has 2 atom stereocenters. The van der Waals surface area contributed by atoms with Gasteiger partial charge in [0.2, 0.25) is 0 Å². The summed E-state index contributed by atoms with van der Waals surface area (Å²) in [7, 11) is 0. The summed E-state index contributed by atoms with van der Waals surface area (Å²) in [4.78, 5) is 0. The third kappa shape index (κ3) is 3.56. The highest BCUT2D eigenvalue weighted by atomic mass is 35.5. The Morgan fingerprint density at radius 3 is 2.94 bits per heavy atom. The number of allylic oxidation sites excluding steroid dienone is 2. The SMILES string of the molecule is CC(NCC1CC=CCC1)c1ccc(Cl)c(F)c1. The van der Waals surface area contributed by atoms with Gasteiger partial charge in [-0.3, -0.25) is 0 Å². The van der Waals surface area contributed by atoms with E-state index in [9.17, 15) is 4.39 Å². The fourth-order valence-electron chi connectivity index (χ4n) is 2.28. The molecule has 1 N–H and O–H groups in total. The van der Waals surface area contributed by atoms with E-state index in [1.54, 1.807) is 6.07 Å². The van der Waals surface area contributed by atoms with Gasteiger partial charge in [0.05, 0.1) is 5.02 Å². The van der Waals surface area contributed by atoms with Crippen molar-refractivity contribution in [2.24, 2.45) is 5.92 Å². The molecule has 1 nitrogen and oxygen atoms in total. The van der Waals surface area contributed by atoms with Crippen molar-refractivity contribution in [2.45, 2.75) is 32.2 Å². The largest absolute Gasteiger partial charge is 0.310 e. The van der Waals surface area contributed by atoms with Crippen LogP contribution in [0.1, 0.15) is 37.8 Å². The van der Waals surface area contributed by atoms with Crippen LogP contribution in [-0.2, 0) is 0 Å². The maximum Gasteiger partial charge on any atom is 0.142 e. The van der Waals surface area contributed by atoms with Crippen LogP contribution in [-0.4, -0.2) is 6.54 Å². The van der Waals surface area contributed by atoms with Crippen LogP contribution in [0.25, 0.3) is 0 Å². The van der Waals surface area contributed by atoms with Gasteiger partial charge in [-0.05, 0) is 56.3 Å². The Labute approximate surface area is 113 Å². The zero-order valence-electron chi connectivity index (χ0n) is 10.6. The molecule has 1 aliphatic carbocycles. The molecule has 1 aliphatic rings.